The van der Waals surface area contributed by atoms with Crippen LogP contribution in [0.1, 0.15) is 23.2 Å². The quantitative estimate of drug-likeness (QED) is 0.831. The molecule has 1 atom stereocenters. The zero-order valence-corrected chi connectivity index (χ0v) is 14.4. The first-order chi connectivity index (χ1) is 11.6. The molecule has 2 heterocycles. The van der Waals surface area contributed by atoms with Gasteiger partial charge in [-0.15, -0.1) is 0 Å². The number of rotatable bonds is 5. The molecule has 0 spiro atoms. The molecular formula is C17H17Cl2N3O2. The second kappa shape index (κ2) is 7.83. The lowest BCUT2D eigenvalue weighted by Gasteiger charge is -2.12. The average molecular weight is 366 g/mol. The number of benzene rings is 1. The predicted octanol–water partition coefficient (Wildman–Crippen LogP) is 4.23. The molecule has 0 radical (unpaired) electrons. The predicted molar refractivity (Wildman–Crippen MR) is 96.1 cm³/mol. The second-order valence-electron chi connectivity index (χ2n) is 5.50. The second-order valence-corrected chi connectivity index (χ2v) is 6.29. The Morgan fingerprint density at radius 3 is 3.00 bits per heavy atom. The van der Waals surface area contributed by atoms with Gasteiger partial charge in [-0.3, -0.25) is 4.79 Å². The summed E-state index contributed by atoms with van der Waals surface area (Å²) in [5.41, 5.74) is 0.954. The van der Waals surface area contributed by atoms with E-state index in [4.69, 9.17) is 27.9 Å². The lowest BCUT2D eigenvalue weighted by atomic mass is 10.2. The summed E-state index contributed by atoms with van der Waals surface area (Å²) in [6.07, 6.45) is 3.92. The maximum absolute atomic E-state index is 12.4. The Morgan fingerprint density at radius 1 is 1.33 bits per heavy atom. The van der Waals surface area contributed by atoms with Gasteiger partial charge in [-0.2, -0.15) is 0 Å². The van der Waals surface area contributed by atoms with Gasteiger partial charge < -0.3 is 15.4 Å². The Hall–Kier alpha value is -1.82. The topological polar surface area (TPSA) is 63.2 Å². The van der Waals surface area contributed by atoms with Crippen LogP contribution < -0.4 is 10.6 Å². The third-order valence-electron chi connectivity index (χ3n) is 3.76. The molecule has 5 nitrogen and oxygen atoms in total. The first-order valence-electron chi connectivity index (χ1n) is 7.70. The lowest BCUT2D eigenvalue weighted by molar-refractivity contribution is 0.102. The summed E-state index contributed by atoms with van der Waals surface area (Å²) in [5.74, 6) is 0.358. The van der Waals surface area contributed by atoms with Crippen molar-refractivity contribution < 1.29 is 9.53 Å². The molecule has 0 bridgehead atoms. The van der Waals surface area contributed by atoms with E-state index in [0.29, 0.717) is 33.7 Å². The molecule has 3 rings (SSSR count). The minimum Gasteiger partial charge on any atom is -0.376 e. The Kier molecular flexibility index (Phi) is 5.56. The van der Waals surface area contributed by atoms with Gasteiger partial charge in [0.25, 0.3) is 5.91 Å². The molecule has 1 aliphatic rings. The molecule has 0 saturated carbocycles. The molecule has 1 aromatic heterocycles. The number of ether oxygens (including phenoxy) is 1. The standard InChI is InChI=1S/C17H17Cl2N3O2/c18-13-4-1-5-14(16(13)19)22-17(23)11-6-7-20-15(9-11)21-10-12-3-2-8-24-12/h1,4-7,9,12H,2-3,8,10H2,(H,20,21)(H,22,23). The van der Waals surface area contributed by atoms with Crippen molar-refractivity contribution in [2.24, 2.45) is 0 Å². The monoisotopic (exact) mass is 365 g/mol. The summed E-state index contributed by atoms with van der Waals surface area (Å²) >= 11 is 12.1. The number of hydrogen-bond donors (Lipinski definition) is 2. The molecule has 2 N–H and O–H groups in total. The van der Waals surface area contributed by atoms with Crippen LogP contribution in [0.2, 0.25) is 10.0 Å². The van der Waals surface area contributed by atoms with Crippen LogP contribution in [0.15, 0.2) is 36.5 Å². The first-order valence-corrected chi connectivity index (χ1v) is 8.46. The van der Waals surface area contributed by atoms with E-state index in [1.165, 1.54) is 0 Å². The van der Waals surface area contributed by atoms with Crippen LogP contribution in [0.4, 0.5) is 11.5 Å². The van der Waals surface area contributed by atoms with Crippen molar-refractivity contribution in [3.63, 3.8) is 0 Å². The van der Waals surface area contributed by atoms with Crippen LogP contribution in [0.3, 0.4) is 0 Å². The van der Waals surface area contributed by atoms with Crippen molar-refractivity contribution in [1.82, 2.24) is 4.98 Å². The van der Waals surface area contributed by atoms with Gasteiger partial charge in [-0.05, 0) is 37.1 Å². The van der Waals surface area contributed by atoms with Gasteiger partial charge in [-0.1, -0.05) is 29.3 Å². The van der Waals surface area contributed by atoms with Crippen molar-refractivity contribution in [2.45, 2.75) is 18.9 Å². The molecule has 1 fully saturated rings. The van der Waals surface area contributed by atoms with Gasteiger partial charge in [0.1, 0.15) is 5.82 Å². The van der Waals surface area contributed by atoms with Crippen LogP contribution in [0.5, 0.6) is 0 Å². The minimum absolute atomic E-state index is 0.203. The first kappa shape index (κ1) is 17.0. The minimum atomic E-state index is -0.276. The highest BCUT2D eigenvalue weighted by molar-refractivity contribution is 6.44. The highest BCUT2D eigenvalue weighted by atomic mass is 35.5. The molecule has 24 heavy (non-hydrogen) atoms. The molecular weight excluding hydrogens is 349 g/mol. The van der Waals surface area contributed by atoms with Crippen molar-refractivity contribution in [3.05, 3.63) is 52.1 Å². The third-order valence-corrected chi connectivity index (χ3v) is 4.58. The Bertz CT molecular complexity index is 734. The van der Waals surface area contributed by atoms with Gasteiger partial charge in [0.05, 0.1) is 21.8 Å². The van der Waals surface area contributed by atoms with Crippen LogP contribution in [-0.2, 0) is 4.74 Å². The number of anilines is 2. The molecule has 1 amide bonds. The summed E-state index contributed by atoms with van der Waals surface area (Å²) in [6, 6.07) is 8.43. The van der Waals surface area contributed by atoms with E-state index in [2.05, 4.69) is 15.6 Å². The number of nitrogens with one attached hydrogen (secondary N) is 2. The molecule has 0 aliphatic carbocycles. The summed E-state index contributed by atoms with van der Waals surface area (Å²) in [4.78, 5) is 16.6. The van der Waals surface area contributed by atoms with Crippen molar-refractivity contribution in [1.29, 1.82) is 0 Å². The van der Waals surface area contributed by atoms with Crippen molar-refractivity contribution in [3.8, 4) is 0 Å². The van der Waals surface area contributed by atoms with Crippen LogP contribution in [0.25, 0.3) is 0 Å². The highest BCUT2D eigenvalue weighted by Crippen LogP contribution is 2.29. The van der Waals surface area contributed by atoms with E-state index in [0.717, 1.165) is 19.4 Å². The largest absolute Gasteiger partial charge is 0.376 e. The molecule has 1 aromatic carbocycles. The highest BCUT2D eigenvalue weighted by Gasteiger charge is 2.16. The van der Waals surface area contributed by atoms with E-state index in [1.807, 2.05) is 0 Å². The van der Waals surface area contributed by atoms with Crippen LogP contribution in [-0.4, -0.2) is 30.1 Å². The van der Waals surface area contributed by atoms with Gasteiger partial charge >= 0.3 is 0 Å². The van der Waals surface area contributed by atoms with Gasteiger partial charge in [-0.25, -0.2) is 4.98 Å². The SMILES string of the molecule is O=C(Nc1cccc(Cl)c1Cl)c1ccnc(NCC2CCCO2)c1. The fourth-order valence-corrected chi connectivity index (χ4v) is 2.83. The van der Waals surface area contributed by atoms with Crippen LogP contribution >= 0.6 is 23.2 Å². The van der Waals surface area contributed by atoms with Gasteiger partial charge in [0.2, 0.25) is 0 Å². The number of hydrogen-bond acceptors (Lipinski definition) is 4. The number of amides is 1. The number of carbonyl (C=O) groups excluding carboxylic acids is 1. The zero-order chi connectivity index (χ0) is 16.9. The van der Waals surface area contributed by atoms with E-state index >= 15 is 0 Å². The van der Waals surface area contributed by atoms with E-state index in [9.17, 15) is 4.79 Å². The molecule has 1 saturated heterocycles. The molecule has 2 aromatic rings. The van der Waals surface area contributed by atoms with Gasteiger partial charge in [0.15, 0.2) is 0 Å². The third kappa shape index (κ3) is 4.17. The summed E-state index contributed by atoms with van der Waals surface area (Å²) in [6.45, 7) is 1.49. The Labute approximate surface area is 150 Å². The smallest absolute Gasteiger partial charge is 0.255 e. The number of nitrogens with zero attached hydrogens (tertiary/aromatic N) is 1. The van der Waals surface area contributed by atoms with Crippen molar-refractivity contribution in [2.75, 3.05) is 23.8 Å². The maximum Gasteiger partial charge on any atom is 0.255 e. The maximum atomic E-state index is 12.4. The van der Waals surface area contributed by atoms with E-state index in [1.54, 1.807) is 36.5 Å². The summed E-state index contributed by atoms with van der Waals surface area (Å²) in [7, 11) is 0. The average Bonchev–Trinajstić information content (AvgIpc) is 3.11. The van der Waals surface area contributed by atoms with Crippen molar-refractivity contribution >= 4 is 40.6 Å². The normalized spacial score (nSPS) is 16.8. The molecule has 126 valence electrons. The molecule has 1 aliphatic heterocycles. The summed E-state index contributed by atoms with van der Waals surface area (Å²) < 4.78 is 5.56. The lowest BCUT2D eigenvalue weighted by Crippen LogP contribution is -2.19. The fraction of sp³-hybridized carbons (Fsp3) is 0.294. The Balaban J connectivity index is 1.66. The van der Waals surface area contributed by atoms with E-state index in [-0.39, 0.29) is 12.0 Å². The molecule has 7 heteroatoms. The van der Waals surface area contributed by atoms with Crippen LogP contribution in [0, 0.1) is 0 Å². The fourth-order valence-electron chi connectivity index (χ4n) is 2.49. The number of pyridine rings is 1. The van der Waals surface area contributed by atoms with E-state index < -0.39 is 0 Å². The molecule has 1 unspecified atom stereocenters. The summed E-state index contributed by atoms with van der Waals surface area (Å²) in [5, 5.41) is 6.67. The number of carbonyl (C=O) groups is 1. The number of halogens is 2. The zero-order valence-electron chi connectivity index (χ0n) is 12.9. The Morgan fingerprint density at radius 2 is 2.21 bits per heavy atom. The number of aromatic nitrogens is 1. The van der Waals surface area contributed by atoms with Gasteiger partial charge in [0, 0.05) is 24.9 Å².